The lowest BCUT2D eigenvalue weighted by molar-refractivity contribution is 0.253. The molecule has 21 heavy (non-hydrogen) atoms. The fraction of sp³-hybridized carbons (Fsp3) is 0.0667. The van der Waals surface area contributed by atoms with Crippen LogP contribution in [-0.4, -0.2) is 14.2 Å². The van der Waals surface area contributed by atoms with Crippen LogP contribution in [0.1, 0.15) is 5.56 Å². The Morgan fingerprint density at radius 3 is 2.00 bits per heavy atom. The first-order valence-electron chi connectivity index (χ1n) is 6.01. The molecule has 0 heterocycles. The van der Waals surface area contributed by atoms with Gasteiger partial charge in [-0.2, -0.15) is 8.78 Å². The molecule has 0 aliphatic rings. The minimum atomic E-state index is -3.77. The molecule has 2 aromatic rings. The van der Waals surface area contributed by atoms with E-state index >= 15 is 0 Å². The smallest absolute Gasteiger partial charge is 0.219 e. The van der Waals surface area contributed by atoms with Crippen LogP contribution in [0.3, 0.4) is 0 Å². The Kier molecular flexibility index (Phi) is 5.14. The number of hydrogen-bond acceptors (Lipinski definition) is 3. The number of alkyl halides is 2. The van der Waals surface area contributed by atoms with Crippen molar-refractivity contribution in [3.05, 3.63) is 71.6 Å². The standard InChI is InChI=1S/C15H12F2O2S2/c16-15(17)20-14(12-7-3-1-4-8-12)11-21(18,19)13-9-5-2-6-10-13/h1-11,15H/b14-11+. The van der Waals surface area contributed by atoms with E-state index in [0.717, 1.165) is 5.41 Å². The minimum Gasteiger partial charge on any atom is -0.219 e. The van der Waals surface area contributed by atoms with E-state index in [1.165, 1.54) is 12.1 Å². The van der Waals surface area contributed by atoms with Crippen LogP contribution in [-0.2, 0) is 9.84 Å². The van der Waals surface area contributed by atoms with E-state index in [9.17, 15) is 17.2 Å². The zero-order valence-corrected chi connectivity index (χ0v) is 12.5. The minimum absolute atomic E-state index is 0.0226. The first kappa shape index (κ1) is 15.7. The predicted octanol–water partition coefficient (Wildman–Crippen LogP) is 4.41. The summed E-state index contributed by atoms with van der Waals surface area (Å²) >= 11 is 0.223. The van der Waals surface area contributed by atoms with Crippen LogP contribution in [0.5, 0.6) is 0 Å². The molecule has 0 N–H and O–H groups in total. The van der Waals surface area contributed by atoms with E-state index in [2.05, 4.69) is 0 Å². The van der Waals surface area contributed by atoms with Crippen molar-refractivity contribution >= 4 is 26.5 Å². The lowest BCUT2D eigenvalue weighted by atomic mass is 10.2. The van der Waals surface area contributed by atoms with Crippen LogP contribution in [0.15, 0.2) is 71.0 Å². The van der Waals surface area contributed by atoms with Gasteiger partial charge in [0.05, 0.1) is 4.90 Å². The highest BCUT2D eigenvalue weighted by atomic mass is 32.2. The summed E-state index contributed by atoms with van der Waals surface area (Å²) in [6, 6.07) is 16.0. The van der Waals surface area contributed by atoms with Gasteiger partial charge in [-0.1, -0.05) is 60.3 Å². The number of halogens is 2. The molecule has 0 fully saturated rings. The van der Waals surface area contributed by atoms with E-state index in [0.29, 0.717) is 5.56 Å². The molecule has 2 nitrogen and oxygen atoms in total. The molecule has 6 heteroatoms. The topological polar surface area (TPSA) is 34.1 Å². The Morgan fingerprint density at radius 1 is 0.952 bits per heavy atom. The molecule has 0 aromatic heterocycles. The van der Waals surface area contributed by atoms with Crippen molar-refractivity contribution < 1.29 is 17.2 Å². The molecule has 110 valence electrons. The summed E-state index contributed by atoms with van der Waals surface area (Å²) in [6.07, 6.45) is 0. The Labute approximate surface area is 126 Å². The lowest BCUT2D eigenvalue weighted by Crippen LogP contribution is -1.98. The number of sulfone groups is 1. The fourth-order valence-corrected chi connectivity index (χ4v) is 3.84. The number of hydrogen-bond donors (Lipinski definition) is 0. The number of benzene rings is 2. The molecule has 0 aliphatic heterocycles. The second-order valence-corrected chi connectivity index (χ2v) is 6.91. The molecule has 0 unspecified atom stereocenters. The van der Waals surface area contributed by atoms with E-state index in [1.807, 2.05) is 0 Å². The Morgan fingerprint density at radius 2 is 1.48 bits per heavy atom. The molecule has 0 bridgehead atoms. The van der Waals surface area contributed by atoms with Crippen LogP contribution in [0, 0.1) is 0 Å². The van der Waals surface area contributed by atoms with Gasteiger partial charge in [0.2, 0.25) is 9.84 Å². The van der Waals surface area contributed by atoms with E-state index in [4.69, 9.17) is 0 Å². The average molecular weight is 326 g/mol. The number of rotatable bonds is 5. The van der Waals surface area contributed by atoms with Crippen molar-refractivity contribution in [2.45, 2.75) is 10.7 Å². The fourth-order valence-electron chi connectivity index (χ4n) is 1.68. The maximum absolute atomic E-state index is 12.7. The zero-order chi connectivity index (χ0) is 15.3. The van der Waals surface area contributed by atoms with Crippen molar-refractivity contribution in [2.24, 2.45) is 0 Å². The van der Waals surface area contributed by atoms with Gasteiger partial charge in [0, 0.05) is 10.3 Å². The molecule has 0 saturated heterocycles. The van der Waals surface area contributed by atoms with Crippen molar-refractivity contribution in [3.8, 4) is 0 Å². The van der Waals surface area contributed by atoms with Crippen molar-refractivity contribution in [1.82, 2.24) is 0 Å². The Balaban J connectivity index is 2.46. The highest BCUT2D eigenvalue weighted by Gasteiger charge is 2.17. The number of thioether (sulfide) groups is 1. The summed E-state index contributed by atoms with van der Waals surface area (Å²) in [5.74, 6) is -2.69. The molecule has 0 saturated carbocycles. The quantitative estimate of drug-likeness (QED) is 0.816. The molecule has 2 aromatic carbocycles. The summed E-state index contributed by atoms with van der Waals surface area (Å²) in [4.78, 5) is 0.0998. The van der Waals surface area contributed by atoms with Gasteiger partial charge >= 0.3 is 0 Å². The van der Waals surface area contributed by atoms with Crippen molar-refractivity contribution in [1.29, 1.82) is 0 Å². The molecule has 0 amide bonds. The summed E-state index contributed by atoms with van der Waals surface area (Å²) in [5.41, 5.74) is 0.447. The van der Waals surface area contributed by atoms with Crippen molar-refractivity contribution in [2.75, 3.05) is 0 Å². The molecule has 0 aliphatic carbocycles. The molecule has 2 rings (SSSR count). The molecular formula is C15H12F2O2S2. The van der Waals surface area contributed by atoms with Crippen LogP contribution in [0.2, 0.25) is 0 Å². The third kappa shape index (κ3) is 4.41. The lowest BCUT2D eigenvalue weighted by Gasteiger charge is -2.07. The average Bonchev–Trinajstić information content (AvgIpc) is 2.48. The van der Waals surface area contributed by atoms with Gasteiger partial charge in [-0.25, -0.2) is 8.42 Å². The Hall–Kier alpha value is -1.66. The van der Waals surface area contributed by atoms with Crippen molar-refractivity contribution in [3.63, 3.8) is 0 Å². The Bertz CT molecular complexity index is 712. The van der Waals surface area contributed by atoms with Crippen LogP contribution < -0.4 is 0 Å². The molecular weight excluding hydrogens is 314 g/mol. The summed E-state index contributed by atoms with van der Waals surface area (Å²) in [5, 5.41) is 0.897. The van der Waals surface area contributed by atoms with E-state index < -0.39 is 15.6 Å². The van der Waals surface area contributed by atoms with Gasteiger partial charge in [0.25, 0.3) is 5.76 Å². The highest BCUT2D eigenvalue weighted by molar-refractivity contribution is 8.09. The van der Waals surface area contributed by atoms with Crippen LogP contribution >= 0.6 is 11.8 Å². The zero-order valence-electron chi connectivity index (χ0n) is 10.8. The third-order valence-electron chi connectivity index (χ3n) is 2.61. The second kappa shape index (κ2) is 6.87. The van der Waals surface area contributed by atoms with Gasteiger partial charge in [0.1, 0.15) is 0 Å². The predicted molar refractivity (Wildman–Crippen MR) is 81.6 cm³/mol. The molecule has 0 radical (unpaired) electrons. The monoisotopic (exact) mass is 326 g/mol. The second-order valence-electron chi connectivity index (χ2n) is 4.08. The maximum Gasteiger partial charge on any atom is 0.288 e. The normalized spacial score (nSPS) is 12.6. The van der Waals surface area contributed by atoms with Gasteiger partial charge in [0.15, 0.2) is 0 Å². The van der Waals surface area contributed by atoms with Gasteiger partial charge in [-0.3, -0.25) is 0 Å². The van der Waals surface area contributed by atoms with Gasteiger partial charge < -0.3 is 0 Å². The summed E-state index contributed by atoms with van der Waals surface area (Å²) in [7, 11) is -3.77. The highest BCUT2D eigenvalue weighted by Crippen LogP contribution is 2.34. The van der Waals surface area contributed by atoms with Gasteiger partial charge in [-0.05, 0) is 17.7 Å². The largest absolute Gasteiger partial charge is 0.288 e. The van der Waals surface area contributed by atoms with E-state index in [-0.39, 0.29) is 21.6 Å². The molecule has 0 atom stereocenters. The maximum atomic E-state index is 12.7. The molecule has 0 spiro atoms. The van der Waals surface area contributed by atoms with Crippen LogP contribution in [0.4, 0.5) is 8.78 Å². The summed E-state index contributed by atoms with van der Waals surface area (Å²) in [6.45, 7) is 0. The van der Waals surface area contributed by atoms with Gasteiger partial charge in [-0.15, -0.1) is 0 Å². The third-order valence-corrected chi connectivity index (χ3v) is 5.02. The first-order chi connectivity index (χ1) is 9.99. The summed E-state index contributed by atoms with van der Waals surface area (Å²) < 4.78 is 49.9. The first-order valence-corrected chi connectivity index (χ1v) is 8.44. The van der Waals surface area contributed by atoms with Crippen LogP contribution in [0.25, 0.3) is 4.91 Å². The van der Waals surface area contributed by atoms with E-state index in [1.54, 1.807) is 48.5 Å². The SMILES string of the molecule is O=S(=O)(/C=C(/SC(F)F)c1ccccc1)c1ccccc1.